The largest absolute Gasteiger partial charge is 0.353 e. The third kappa shape index (κ3) is 4.08. The molecule has 5 rings (SSSR count). The number of carbonyl (C=O) groups is 1. The van der Waals surface area contributed by atoms with Crippen LogP contribution in [-0.4, -0.2) is 31.8 Å². The summed E-state index contributed by atoms with van der Waals surface area (Å²) in [6.45, 7) is 0. The molecule has 0 saturated heterocycles. The maximum absolute atomic E-state index is 13.8. The van der Waals surface area contributed by atoms with Crippen LogP contribution in [0.2, 0.25) is 0 Å². The van der Waals surface area contributed by atoms with Crippen LogP contribution in [0.5, 0.6) is 0 Å². The van der Waals surface area contributed by atoms with Crippen LogP contribution in [0.15, 0.2) is 58.5 Å². The molecule has 0 radical (unpaired) electrons. The number of hydrogen-bond acceptors (Lipinski definition) is 5. The fraction of sp³-hybridized carbons (Fsp3) is 0.308. The number of carbonyl (C=O) groups excluding carboxylic acids is 1. The quantitative estimate of drug-likeness (QED) is 0.346. The van der Waals surface area contributed by atoms with Gasteiger partial charge in [0.15, 0.2) is 5.16 Å². The molecule has 1 amide bonds. The summed E-state index contributed by atoms with van der Waals surface area (Å²) in [5, 5.41) is 13.7. The lowest BCUT2D eigenvalue weighted by Crippen LogP contribution is -2.37. The Bertz CT molecular complexity index is 1480. The summed E-state index contributed by atoms with van der Waals surface area (Å²) < 4.78 is 3.40. The zero-order chi connectivity index (χ0) is 23.7. The van der Waals surface area contributed by atoms with Crippen LogP contribution in [-0.2, 0) is 11.8 Å². The molecule has 2 aromatic heterocycles. The Labute approximate surface area is 201 Å². The Kier molecular flexibility index (Phi) is 6.12. The second-order valence-electron chi connectivity index (χ2n) is 8.66. The van der Waals surface area contributed by atoms with E-state index in [1.165, 1.54) is 18.2 Å². The van der Waals surface area contributed by atoms with Crippen molar-refractivity contribution in [2.45, 2.75) is 43.3 Å². The van der Waals surface area contributed by atoms with Crippen molar-refractivity contribution in [3.8, 4) is 11.8 Å². The molecular weight excluding hydrogens is 446 g/mol. The molecule has 4 aromatic rings. The van der Waals surface area contributed by atoms with Crippen molar-refractivity contribution < 1.29 is 4.79 Å². The van der Waals surface area contributed by atoms with E-state index in [4.69, 9.17) is 4.98 Å². The maximum Gasteiger partial charge on any atom is 0.283 e. The van der Waals surface area contributed by atoms with E-state index in [1.807, 2.05) is 48.0 Å². The highest BCUT2D eigenvalue weighted by atomic mass is 32.2. The molecule has 7 nitrogen and oxygen atoms in total. The smallest absolute Gasteiger partial charge is 0.283 e. The topological polar surface area (TPSA) is 92.7 Å². The van der Waals surface area contributed by atoms with Gasteiger partial charge in [0.05, 0.1) is 28.6 Å². The van der Waals surface area contributed by atoms with Gasteiger partial charge in [-0.2, -0.15) is 5.26 Å². The van der Waals surface area contributed by atoms with Gasteiger partial charge in [-0.05, 0) is 43.2 Å². The average molecular weight is 472 g/mol. The first-order chi connectivity index (χ1) is 16.6. The van der Waals surface area contributed by atoms with Crippen LogP contribution in [0.3, 0.4) is 0 Å². The van der Waals surface area contributed by atoms with Crippen molar-refractivity contribution in [1.82, 2.24) is 19.4 Å². The number of para-hydroxylation sites is 1. The fourth-order valence-corrected chi connectivity index (χ4v) is 5.56. The van der Waals surface area contributed by atoms with Gasteiger partial charge in [-0.1, -0.05) is 49.2 Å². The van der Waals surface area contributed by atoms with Crippen LogP contribution in [0, 0.1) is 11.3 Å². The predicted molar refractivity (Wildman–Crippen MR) is 134 cm³/mol. The van der Waals surface area contributed by atoms with Crippen molar-refractivity contribution in [3.63, 3.8) is 0 Å². The number of amides is 1. The van der Waals surface area contributed by atoms with Crippen LogP contribution in [0.4, 0.5) is 0 Å². The van der Waals surface area contributed by atoms with Crippen LogP contribution in [0.25, 0.3) is 27.6 Å². The van der Waals surface area contributed by atoms with Crippen LogP contribution < -0.4 is 10.9 Å². The molecule has 0 bridgehead atoms. The van der Waals surface area contributed by atoms with Crippen molar-refractivity contribution in [2.75, 3.05) is 5.75 Å². The average Bonchev–Trinajstić information content (AvgIpc) is 3.15. The molecule has 1 saturated carbocycles. The maximum atomic E-state index is 13.8. The lowest BCUT2D eigenvalue weighted by Gasteiger charge is -2.22. The molecule has 1 fully saturated rings. The van der Waals surface area contributed by atoms with E-state index < -0.39 is 0 Å². The zero-order valence-electron chi connectivity index (χ0n) is 19.0. The summed E-state index contributed by atoms with van der Waals surface area (Å²) in [4.78, 5) is 31.3. The molecule has 0 unspecified atom stereocenters. The van der Waals surface area contributed by atoms with E-state index >= 15 is 0 Å². The molecule has 1 aliphatic carbocycles. The molecular formula is C26H25N5O2S. The molecule has 2 aromatic carbocycles. The lowest BCUT2D eigenvalue weighted by molar-refractivity contribution is -0.119. The van der Waals surface area contributed by atoms with Gasteiger partial charge < -0.3 is 9.88 Å². The first kappa shape index (κ1) is 22.2. The van der Waals surface area contributed by atoms with E-state index in [-0.39, 0.29) is 23.3 Å². The van der Waals surface area contributed by atoms with Gasteiger partial charge >= 0.3 is 0 Å². The molecule has 34 heavy (non-hydrogen) atoms. The number of fused-ring (bicyclic) bond motifs is 3. The van der Waals surface area contributed by atoms with Gasteiger partial charge in [0.1, 0.15) is 11.0 Å². The predicted octanol–water partition coefficient (Wildman–Crippen LogP) is 4.29. The van der Waals surface area contributed by atoms with Crippen LogP contribution >= 0.6 is 11.8 Å². The Morgan fingerprint density at radius 2 is 1.94 bits per heavy atom. The summed E-state index contributed by atoms with van der Waals surface area (Å²) >= 11 is 1.26. The molecule has 172 valence electrons. The van der Waals surface area contributed by atoms with Gasteiger partial charge in [-0.15, -0.1) is 0 Å². The molecule has 1 N–H and O–H groups in total. The number of nitriles is 1. The number of nitrogens with zero attached hydrogens (tertiary/aromatic N) is 4. The van der Waals surface area contributed by atoms with Gasteiger partial charge in [-0.25, -0.2) is 4.98 Å². The Balaban J connectivity index is 1.60. The number of hydrogen-bond donors (Lipinski definition) is 1. The summed E-state index contributed by atoms with van der Waals surface area (Å²) in [7, 11) is 1.83. The summed E-state index contributed by atoms with van der Waals surface area (Å²) in [5.41, 5.74) is 2.83. The molecule has 0 spiro atoms. The number of aryl methyl sites for hydroxylation is 1. The molecule has 0 atom stereocenters. The van der Waals surface area contributed by atoms with E-state index in [1.54, 1.807) is 16.7 Å². The van der Waals surface area contributed by atoms with Gasteiger partial charge in [0, 0.05) is 18.5 Å². The lowest BCUT2D eigenvalue weighted by atomic mass is 9.95. The van der Waals surface area contributed by atoms with E-state index in [0.29, 0.717) is 27.4 Å². The molecule has 2 heterocycles. The fourth-order valence-electron chi connectivity index (χ4n) is 4.74. The van der Waals surface area contributed by atoms with E-state index in [0.717, 1.165) is 36.6 Å². The van der Waals surface area contributed by atoms with Crippen molar-refractivity contribution in [2.24, 2.45) is 7.05 Å². The van der Waals surface area contributed by atoms with Crippen molar-refractivity contribution >= 4 is 39.6 Å². The van der Waals surface area contributed by atoms with Crippen molar-refractivity contribution in [3.05, 3.63) is 64.4 Å². The number of rotatable bonds is 5. The third-order valence-corrected chi connectivity index (χ3v) is 7.36. The minimum Gasteiger partial charge on any atom is -0.353 e. The minimum atomic E-state index is -0.205. The Morgan fingerprint density at radius 3 is 2.68 bits per heavy atom. The van der Waals surface area contributed by atoms with E-state index in [2.05, 4.69) is 11.4 Å². The number of benzene rings is 2. The molecule has 8 heteroatoms. The Morgan fingerprint density at radius 1 is 1.18 bits per heavy atom. The normalized spacial score (nSPS) is 14.4. The summed E-state index contributed by atoms with van der Waals surface area (Å²) in [5.74, 6) is 0.130. The monoisotopic (exact) mass is 471 g/mol. The second-order valence-corrected chi connectivity index (χ2v) is 9.60. The van der Waals surface area contributed by atoms with Gasteiger partial charge in [0.2, 0.25) is 5.91 Å². The zero-order valence-corrected chi connectivity index (χ0v) is 19.8. The number of thioether (sulfide) groups is 1. The summed E-state index contributed by atoms with van der Waals surface area (Å²) in [6, 6.07) is 17.1. The minimum absolute atomic E-state index is 0.0458. The highest BCUT2D eigenvalue weighted by Crippen LogP contribution is 2.29. The van der Waals surface area contributed by atoms with Gasteiger partial charge in [0.25, 0.3) is 5.56 Å². The Hall–Kier alpha value is -3.57. The van der Waals surface area contributed by atoms with Crippen molar-refractivity contribution in [1.29, 1.82) is 5.26 Å². The first-order valence-corrected chi connectivity index (χ1v) is 12.5. The summed E-state index contributed by atoms with van der Waals surface area (Å²) in [6.07, 6.45) is 5.57. The third-order valence-electron chi connectivity index (χ3n) is 6.42. The SMILES string of the molecule is Cn1c2ccc(C#N)cc2c2nc(SCC(=O)NC3CCCCC3)n(-c3ccccc3)c(=O)c21. The highest BCUT2D eigenvalue weighted by molar-refractivity contribution is 7.99. The van der Waals surface area contributed by atoms with Crippen LogP contribution in [0.1, 0.15) is 37.7 Å². The highest BCUT2D eigenvalue weighted by Gasteiger charge is 2.21. The standard InChI is InChI=1S/C26H25N5O2S/c1-30-21-13-12-17(15-27)14-20(21)23-24(30)25(33)31(19-10-6-3-7-11-19)26(29-23)34-16-22(32)28-18-8-4-2-5-9-18/h3,6-7,10-14,18H,2,4-5,8-9,16H2,1H3,(H,28,32). The first-order valence-electron chi connectivity index (χ1n) is 11.5. The van der Waals surface area contributed by atoms with Gasteiger partial charge in [-0.3, -0.25) is 14.2 Å². The number of aromatic nitrogens is 3. The molecule has 0 aliphatic heterocycles. The molecule has 1 aliphatic rings. The number of nitrogens with one attached hydrogen (secondary N) is 1. The second kappa shape index (κ2) is 9.35. The van der Waals surface area contributed by atoms with E-state index in [9.17, 15) is 14.9 Å².